The van der Waals surface area contributed by atoms with E-state index in [1.165, 1.54) is 0 Å². The number of hydrogen-bond donors (Lipinski definition) is 2. The normalized spacial score (nSPS) is 12.0. The first-order chi connectivity index (χ1) is 10.4. The number of H-pyrrole nitrogens is 1. The summed E-state index contributed by atoms with van der Waals surface area (Å²) < 4.78 is 4.94. The first-order valence-corrected chi connectivity index (χ1v) is 7.13. The zero-order valence-corrected chi connectivity index (χ0v) is 13.3. The van der Waals surface area contributed by atoms with Gasteiger partial charge >= 0.3 is 5.97 Å². The third-order valence-corrected chi connectivity index (χ3v) is 3.36. The first-order valence-electron chi connectivity index (χ1n) is 7.13. The number of nitrogens with one attached hydrogen (secondary N) is 1. The summed E-state index contributed by atoms with van der Waals surface area (Å²) in [6, 6.07) is 7.50. The molecule has 1 aromatic carbocycles. The Hall–Kier alpha value is -2.34. The van der Waals surface area contributed by atoms with Crippen LogP contribution in [-0.2, 0) is 4.74 Å². The van der Waals surface area contributed by atoms with Crippen LogP contribution < -0.4 is 4.90 Å². The van der Waals surface area contributed by atoms with E-state index in [-0.39, 0.29) is 12.3 Å². The van der Waals surface area contributed by atoms with E-state index in [0.29, 0.717) is 17.1 Å². The van der Waals surface area contributed by atoms with Gasteiger partial charge in [0.1, 0.15) is 11.9 Å². The molecule has 1 heterocycles. The summed E-state index contributed by atoms with van der Waals surface area (Å²) in [5, 5.41) is 10.4. The first kappa shape index (κ1) is 16.0. The number of carbonyl (C=O) groups is 1. The van der Waals surface area contributed by atoms with Gasteiger partial charge in [0, 0.05) is 25.5 Å². The molecule has 1 unspecified atom stereocenters. The van der Waals surface area contributed by atoms with Crippen molar-refractivity contribution in [1.82, 2.24) is 9.97 Å². The predicted molar refractivity (Wildman–Crippen MR) is 84.1 cm³/mol. The van der Waals surface area contributed by atoms with Crippen LogP contribution >= 0.6 is 0 Å². The summed E-state index contributed by atoms with van der Waals surface area (Å²) in [5.41, 5.74) is 2.53. The maximum absolute atomic E-state index is 11.8. The average Bonchev–Trinajstić information content (AvgIpc) is 2.89. The number of aromatic nitrogens is 2. The van der Waals surface area contributed by atoms with E-state index in [1.54, 1.807) is 13.8 Å². The lowest BCUT2D eigenvalue weighted by Gasteiger charge is -2.14. The Bertz CT molecular complexity index is 647. The molecule has 6 nitrogen and oxygen atoms in total. The minimum atomic E-state index is -0.918. The fraction of sp³-hybridized carbons (Fsp3) is 0.375. The van der Waals surface area contributed by atoms with Crippen LogP contribution in [-0.4, -0.2) is 41.7 Å². The molecule has 2 N–H and O–H groups in total. The van der Waals surface area contributed by atoms with Crippen molar-refractivity contribution < 1.29 is 14.6 Å². The number of carbonyl (C=O) groups excluding carboxylic acids is 1. The molecule has 0 aliphatic rings. The van der Waals surface area contributed by atoms with E-state index in [1.807, 2.05) is 43.3 Å². The van der Waals surface area contributed by atoms with Gasteiger partial charge in [-0.1, -0.05) is 12.1 Å². The summed E-state index contributed by atoms with van der Waals surface area (Å²) in [6.45, 7) is 3.75. The second kappa shape index (κ2) is 6.62. The lowest BCUT2D eigenvalue weighted by molar-refractivity contribution is 0.0519. The van der Waals surface area contributed by atoms with Gasteiger partial charge in [0.05, 0.1) is 6.61 Å². The monoisotopic (exact) mass is 303 g/mol. The molecular weight excluding hydrogens is 282 g/mol. The van der Waals surface area contributed by atoms with Crippen molar-refractivity contribution in [3.8, 4) is 0 Å². The summed E-state index contributed by atoms with van der Waals surface area (Å²) in [5.74, 6) is -0.157. The van der Waals surface area contributed by atoms with Crippen LogP contribution in [0.15, 0.2) is 24.3 Å². The van der Waals surface area contributed by atoms with Crippen LogP contribution in [0.5, 0.6) is 0 Å². The zero-order chi connectivity index (χ0) is 16.3. The molecule has 1 aromatic heterocycles. The summed E-state index contributed by atoms with van der Waals surface area (Å²) in [4.78, 5) is 20.9. The minimum absolute atomic E-state index is 0.209. The molecule has 0 bridgehead atoms. The molecule has 2 aromatic rings. The Morgan fingerprint density at radius 1 is 1.36 bits per heavy atom. The molecule has 22 heavy (non-hydrogen) atoms. The molecule has 6 heteroatoms. The second-order valence-corrected chi connectivity index (χ2v) is 5.20. The molecule has 2 rings (SSSR count). The molecule has 0 saturated carbocycles. The number of esters is 1. The lowest BCUT2D eigenvalue weighted by Crippen LogP contribution is -2.09. The van der Waals surface area contributed by atoms with Gasteiger partial charge in [-0.2, -0.15) is 0 Å². The van der Waals surface area contributed by atoms with Crippen molar-refractivity contribution >= 4 is 11.7 Å². The number of imidazole rings is 1. The van der Waals surface area contributed by atoms with Gasteiger partial charge < -0.3 is 19.7 Å². The third kappa shape index (κ3) is 3.28. The van der Waals surface area contributed by atoms with Crippen LogP contribution in [0.2, 0.25) is 0 Å². The Morgan fingerprint density at radius 2 is 2.00 bits per heavy atom. The van der Waals surface area contributed by atoms with Crippen molar-refractivity contribution in [3.63, 3.8) is 0 Å². The number of hydrogen-bond acceptors (Lipinski definition) is 5. The average molecular weight is 303 g/mol. The molecule has 0 spiro atoms. The highest BCUT2D eigenvalue weighted by atomic mass is 16.5. The molecule has 0 aliphatic carbocycles. The number of benzene rings is 1. The minimum Gasteiger partial charge on any atom is -0.461 e. The topological polar surface area (TPSA) is 78.5 Å². The summed E-state index contributed by atoms with van der Waals surface area (Å²) in [7, 11) is 3.90. The standard InChI is InChI=1S/C16H21N3O3/c1-5-22-16(21)13-10(2)17-15(18-13)14(20)11-6-8-12(9-7-11)19(3)4/h6-9,14,20H,5H2,1-4H3,(H,17,18). The van der Waals surface area contributed by atoms with Crippen LogP contribution in [0.25, 0.3) is 0 Å². The molecule has 0 saturated heterocycles. The van der Waals surface area contributed by atoms with Crippen LogP contribution in [0.4, 0.5) is 5.69 Å². The van der Waals surface area contributed by atoms with E-state index >= 15 is 0 Å². The van der Waals surface area contributed by atoms with Crippen molar-refractivity contribution in [3.05, 3.63) is 47.0 Å². The maximum atomic E-state index is 11.8. The van der Waals surface area contributed by atoms with Crippen molar-refractivity contribution in [2.75, 3.05) is 25.6 Å². The number of nitrogens with zero attached hydrogens (tertiary/aromatic N) is 2. The highest BCUT2D eigenvalue weighted by Gasteiger charge is 2.21. The van der Waals surface area contributed by atoms with E-state index in [2.05, 4.69) is 9.97 Å². The number of anilines is 1. The fourth-order valence-corrected chi connectivity index (χ4v) is 2.12. The molecule has 0 aliphatic heterocycles. The number of aromatic amines is 1. The van der Waals surface area contributed by atoms with Gasteiger partial charge in [-0.25, -0.2) is 9.78 Å². The van der Waals surface area contributed by atoms with Crippen molar-refractivity contribution in [2.24, 2.45) is 0 Å². The molecule has 0 radical (unpaired) electrons. The Kier molecular flexibility index (Phi) is 4.82. The third-order valence-electron chi connectivity index (χ3n) is 3.36. The van der Waals surface area contributed by atoms with Gasteiger partial charge in [-0.3, -0.25) is 0 Å². The Labute approximate surface area is 129 Å². The molecule has 118 valence electrons. The Balaban J connectivity index is 2.24. The van der Waals surface area contributed by atoms with Gasteiger partial charge in [0.2, 0.25) is 0 Å². The van der Waals surface area contributed by atoms with Crippen LogP contribution in [0.1, 0.15) is 40.6 Å². The number of aliphatic hydroxyl groups is 1. The summed E-state index contributed by atoms with van der Waals surface area (Å²) >= 11 is 0. The van der Waals surface area contributed by atoms with Crippen molar-refractivity contribution in [2.45, 2.75) is 20.0 Å². The van der Waals surface area contributed by atoms with Crippen LogP contribution in [0.3, 0.4) is 0 Å². The van der Waals surface area contributed by atoms with Gasteiger partial charge in [-0.15, -0.1) is 0 Å². The van der Waals surface area contributed by atoms with Crippen molar-refractivity contribution in [1.29, 1.82) is 0 Å². The molecule has 0 amide bonds. The number of aryl methyl sites for hydroxylation is 1. The zero-order valence-electron chi connectivity index (χ0n) is 13.3. The van der Waals surface area contributed by atoms with E-state index in [9.17, 15) is 9.90 Å². The van der Waals surface area contributed by atoms with E-state index < -0.39 is 12.1 Å². The highest BCUT2D eigenvalue weighted by Crippen LogP contribution is 2.23. The number of ether oxygens (including phenoxy) is 1. The molecule has 0 fully saturated rings. The largest absolute Gasteiger partial charge is 0.461 e. The van der Waals surface area contributed by atoms with Gasteiger partial charge in [-0.05, 0) is 31.5 Å². The quantitative estimate of drug-likeness (QED) is 0.826. The smallest absolute Gasteiger partial charge is 0.358 e. The number of rotatable bonds is 5. The molecule has 1 atom stereocenters. The number of aliphatic hydroxyl groups excluding tert-OH is 1. The summed E-state index contributed by atoms with van der Waals surface area (Å²) in [6.07, 6.45) is -0.918. The maximum Gasteiger partial charge on any atom is 0.358 e. The lowest BCUT2D eigenvalue weighted by atomic mass is 10.1. The second-order valence-electron chi connectivity index (χ2n) is 5.20. The predicted octanol–water partition coefficient (Wildman–Crippen LogP) is 2.04. The van der Waals surface area contributed by atoms with Gasteiger partial charge in [0.25, 0.3) is 0 Å². The SMILES string of the molecule is CCOC(=O)c1nc(C(O)c2ccc(N(C)C)cc2)[nH]c1C. The molecular formula is C16H21N3O3. The van der Waals surface area contributed by atoms with Gasteiger partial charge in [0.15, 0.2) is 5.69 Å². The Morgan fingerprint density at radius 3 is 2.55 bits per heavy atom. The highest BCUT2D eigenvalue weighted by molar-refractivity contribution is 5.88. The van der Waals surface area contributed by atoms with Crippen LogP contribution in [0, 0.1) is 6.92 Å². The fourth-order valence-electron chi connectivity index (χ4n) is 2.12. The van der Waals surface area contributed by atoms with E-state index in [4.69, 9.17) is 4.74 Å². The van der Waals surface area contributed by atoms with E-state index in [0.717, 1.165) is 5.69 Å².